The van der Waals surface area contributed by atoms with E-state index in [0.717, 1.165) is 11.0 Å². The zero-order valence-electron chi connectivity index (χ0n) is 21.3. The van der Waals surface area contributed by atoms with Gasteiger partial charge in [-0.1, -0.05) is 22.6 Å². The summed E-state index contributed by atoms with van der Waals surface area (Å²) in [7, 11) is 1.55. The van der Waals surface area contributed by atoms with Crippen molar-refractivity contribution in [1.82, 2.24) is 19.7 Å². The molecule has 39 heavy (non-hydrogen) atoms. The molecule has 0 atom stereocenters. The number of carbonyl (C=O) groups excluding carboxylic acids is 1. The first kappa shape index (κ1) is 28.6. The number of nitrogens with one attached hydrogen (secondary N) is 1. The Morgan fingerprint density at radius 2 is 1.72 bits per heavy atom. The minimum atomic E-state index is -0.382. The number of ether oxygens (including phenoxy) is 4. The molecule has 4 aromatic rings. The number of aromatic nitrogens is 4. The molecule has 0 bridgehead atoms. The van der Waals surface area contributed by atoms with Gasteiger partial charge in [0.2, 0.25) is 5.89 Å². The summed E-state index contributed by atoms with van der Waals surface area (Å²) in [6.07, 6.45) is 1.49. The van der Waals surface area contributed by atoms with Gasteiger partial charge in [0.05, 0.1) is 45.8 Å². The van der Waals surface area contributed by atoms with Crippen molar-refractivity contribution in [3.05, 3.63) is 64.7 Å². The summed E-state index contributed by atoms with van der Waals surface area (Å²) in [5.41, 5.74) is 2.00. The van der Waals surface area contributed by atoms with Gasteiger partial charge in [-0.2, -0.15) is 5.10 Å². The normalized spacial score (nSPS) is 11.1. The van der Waals surface area contributed by atoms with Crippen LogP contribution in [0.3, 0.4) is 0 Å². The maximum atomic E-state index is 12.7. The predicted molar refractivity (Wildman–Crippen MR) is 152 cm³/mol. The van der Waals surface area contributed by atoms with Crippen LogP contribution in [-0.4, -0.2) is 76.3 Å². The maximum absolute atomic E-state index is 12.7. The van der Waals surface area contributed by atoms with Gasteiger partial charge in [-0.25, -0.2) is 14.6 Å². The first-order valence-corrected chi connectivity index (χ1v) is 13.7. The number of anilines is 1. The molecule has 0 aliphatic rings. The number of benzene rings is 1. The van der Waals surface area contributed by atoms with Crippen LogP contribution in [0.5, 0.6) is 5.75 Å². The van der Waals surface area contributed by atoms with Gasteiger partial charge in [-0.15, -0.1) is 0 Å². The molecular weight excluding hydrogens is 621 g/mol. The number of rotatable bonds is 15. The smallest absolute Gasteiger partial charge is 0.274 e. The van der Waals surface area contributed by atoms with Crippen molar-refractivity contribution in [2.75, 3.05) is 56.0 Å². The van der Waals surface area contributed by atoms with E-state index in [4.69, 9.17) is 23.4 Å². The van der Waals surface area contributed by atoms with Crippen LogP contribution in [-0.2, 0) is 21.3 Å². The van der Waals surface area contributed by atoms with Crippen LogP contribution in [0.1, 0.15) is 10.5 Å². The van der Waals surface area contributed by atoms with Gasteiger partial charge in [-0.3, -0.25) is 9.59 Å². The second kappa shape index (κ2) is 14.7. The van der Waals surface area contributed by atoms with Gasteiger partial charge in [0, 0.05) is 23.2 Å². The van der Waals surface area contributed by atoms with Gasteiger partial charge in [0.1, 0.15) is 29.3 Å². The molecular formula is C26H28IN5O7. The summed E-state index contributed by atoms with van der Waals surface area (Å²) in [4.78, 5) is 32.9. The topological polar surface area (TPSA) is 140 Å². The molecule has 0 aliphatic carbocycles. The standard InChI is InChI=1S/C26H28IN5O7/c1-32-24(33)7-5-21(31-32)26-30-22-16-18(2-6-23(22)39-26)29-25(34)20-4-3-19(17-28-20)38-15-14-37-13-12-36-11-10-35-9-8-27/h2-7,16-17H,8-15H2,1H3,(H,29,34). The van der Waals surface area contributed by atoms with Crippen molar-refractivity contribution in [3.63, 3.8) is 0 Å². The third-order valence-corrected chi connectivity index (χ3v) is 5.70. The number of alkyl halides is 1. The number of carbonyl (C=O) groups is 1. The molecule has 4 rings (SSSR count). The molecule has 0 radical (unpaired) electrons. The number of oxazole rings is 1. The molecule has 1 amide bonds. The molecule has 3 heterocycles. The predicted octanol–water partition coefficient (Wildman–Crippen LogP) is 3.10. The highest BCUT2D eigenvalue weighted by Crippen LogP contribution is 2.25. The first-order valence-electron chi connectivity index (χ1n) is 12.2. The van der Waals surface area contributed by atoms with E-state index in [0.29, 0.717) is 67.9 Å². The molecule has 0 spiro atoms. The van der Waals surface area contributed by atoms with E-state index >= 15 is 0 Å². The maximum Gasteiger partial charge on any atom is 0.274 e. The van der Waals surface area contributed by atoms with Crippen LogP contribution < -0.4 is 15.6 Å². The lowest BCUT2D eigenvalue weighted by molar-refractivity contribution is 0.0120. The van der Waals surface area contributed by atoms with Crippen molar-refractivity contribution < 1.29 is 28.2 Å². The van der Waals surface area contributed by atoms with Crippen molar-refractivity contribution in [1.29, 1.82) is 0 Å². The number of aryl methyl sites for hydroxylation is 1. The number of hydrogen-bond donors (Lipinski definition) is 1. The van der Waals surface area contributed by atoms with Crippen LogP contribution in [0.15, 0.2) is 57.9 Å². The molecule has 0 fully saturated rings. The molecule has 206 valence electrons. The summed E-state index contributed by atoms with van der Waals surface area (Å²) in [6, 6.07) is 11.3. The lowest BCUT2D eigenvalue weighted by Crippen LogP contribution is -2.18. The molecule has 13 heteroatoms. The largest absolute Gasteiger partial charge is 0.490 e. The summed E-state index contributed by atoms with van der Waals surface area (Å²) in [5.74, 6) is 0.419. The Kier molecular flexibility index (Phi) is 10.8. The second-order valence-electron chi connectivity index (χ2n) is 8.09. The monoisotopic (exact) mass is 649 g/mol. The zero-order chi connectivity index (χ0) is 27.5. The fourth-order valence-electron chi connectivity index (χ4n) is 3.34. The van der Waals surface area contributed by atoms with Crippen molar-refractivity contribution >= 4 is 45.3 Å². The number of fused-ring (bicyclic) bond motifs is 1. The Hall–Kier alpha value is -3.40. The number of hydrogen-bond acceptors (Lipinski definition) is 10. The van der Waals surface area contributed by atoms with E-state index in [9.17, 15) is 9.59 Å². The summed E-state index contributed by atoms with van der Waals surface area (Å²) >= 11 is 2.26. The van der Waals surface area contributed by atoms with Crippen LogP contribution in [0.2, 0.25) is 0 Å². The Morgan fingerprint density at radius 3 is 2.41 bits per heavy atom. The Balaban J connectivity index is 1.21. The van der Waals surface area contributed by atoms with E-state index in [1.54, 1.807) is 43.4 Å². The molecule has 3 aromatic heterocycles. The number of halogens is 1. The summed E-state index contributed by atoms with van der Waals surface area (Å²) in [5, 5.41) is 6.95. The number of pyridine rings is 1. The second-order valence-corrected chi connectivity index (χ2v) is 9.17. The van der Waals surface area contributed by atoms with E-state index in [2.05, 4.69) is 43.0 Å². The van der Waals surface area contributed by atoms with Crippen LogP contribution in [0.25, 0.3) is 22.7 Å². The van der Waals surface area contributed by atoms with E-state index in [1.807, 2.05) is 0 Å². The third kappa shape index (κ3) is 8.54. The van der Waals surface area contributed by atoms with Crippen LogP contribution in [0, 0.1) is 0 Å². The van der Waals surface area contributed by atoms with E-state index < -0.39 is 0 Å². The Labute approximate surface area is 237 Å². The molecule has 0 saturated heterocycles. The molecule has 1 aromatic carbocycles. The summed E-state index contributed by atoms with van der Waals surface area (Å²) < 4.78 is 29.7. The van der Waals surface area contributed by atoms with Gasteiger partial charge >= 0.3 is 0 Å². The highest BCUT2D eigenvalue weighted by Gasteiger charge is 2.13. The van der Waals surface area contributed by atoms with Gasteiger partial charge in [0.25, 0.3) is 11.5 Å². The average molecular weight is 649 g/mol. The van der Waals surface area contributed by atoms with Crippen molar-refractivity contribution in [2.45, 2.75) is 0 Å². The summed E-state index contributed by atoms with van der Waals surface area (Å²) in [6.45, 7) is 3.59. The highest BCUT2D eigenvalue weighted by molar-refractivity contribution is 14.1. The lowest BCUT2D eigenvalue weighted by Gasteiger charge is -2.08. The molecule has 0 aliphatic heterocycles. The number of amides is 1. The van der Waals surface area contributed by atoms with Gasteiger partial charge in [0.15, 0.2) is 5.58 Å². The fourth-order valence-corrected chi connectivity index (χ4v) is 3.65. The quantitative estimate of drug-likeness (QED) is 0.116. The zero-order valence-corrected chi connectivity index (χ0v) is 23.5. The fraction of sp³-hybridized carbons (Fsp3) is 0.346. The van der Waals surface area contributed by atoms with Crippen molar-refractivity contribution in [3.8, 4) is 17.3 Å². The Morgan fingerprint density at radius 1 is 0.974 bits per heavy atom. The van der Waals surface area contributed by atoms with Crippen LogP contribution in [0.4, 0.5) is 5.69 Å². The number of nitrogens with zero attached hydrogens (tertiary/aromatic N) is 4. The lowest BCUT2D eigenvalue weighted by atomic mass is 10.2. The minimum absolute atomic E-state index is 0.230. The van der Waals surface area contributed by atoms with Gasteiger partial charge in [-0.05, 0) is 36.4 Å². The van der Waals surface area contributed by atoms with E-state index in [-0.39, 0.29) is 23.1 Å². The molecule has 0 saturated carbocycles. The Bertz CT molecular complexity index is 1420. The average Bonchev–Trinajstić information content (AvgIpc) is 3.37. The van der Waals surface area contributed by atoms with Gasteiger partial charge < -0.3 is 28.7 Å². The SMILES string of the molecule is Cn1nc(-c2nc3cc(NC(=O)c4ccc(OCCOCCOCCOCCI)cn4)ccc3o2)ccc1=O. The molecule has 1 N–H and O–H groups in total. The van der Waals surface area contributed by atoms with Crippen LogP contribution >= 0.6 is 22.6 Å². The van der Waals surface area contributed by atoms with Crippen molar-refractivity contribution in [2.24, 2.45) is 7.05 Å². The molecule has 12 nitrogen and oxygen atoms in total. The first-order chi connectivity index (χ1) is 19.0. The molecule has 0 unspecified atom stereocenters. The minimum Gasteiger partial charge on any atom is -0.490 e. The third-order valence-electron chi connectivity index (χ3n) is 5.26. The highest BCUT2D eigenvalue weighted by atomic mass is 127. The van der Waals surface area contributed by atoms with E-state index in [1.165, 1.54) is 16.9 Å².